The van der Waals surface area contributed by atoms with Crippen molar-refractivity contribution in [2.75, 3.05) is 12.5 Å². The number of ketones is 1. The van der Waals surface area contributed by atoms with Gasteiger partial charge in [-0.1, -0.05) is 0 Å². The van der Waals surface area contributed by atoms with E-state index in [0.29, 0.717) is 35.5 Å². The topological polar surface area (TPSA) is 85.3 Å². The van der Waals surface area contributed by atoms with Gasteiger partial charge in [-0.05, 0) is 98.2 Å². The minimum atomic E-state index is -3.26. The average Bonchev–Trinajstić information content (AvgIpc) is 2.58. The van der Waals surface area contributed by atoms with Crippen LogP contribution in [0.4, 0.5) is 0 Å². The van der Waals surface area contributed by atoms with Gasteiger partial charge in [0.05, 0.1) is 9.79 Å². The SMILES string of the molecule is Cc1cc(S(C)(=O)=O)cc(C)c1CCC(=O)CCc1c(C)cc(S(C)(=O)=O)cc1C. The van der Waals surface area contributed by atoms with E-state index in [1.165, 1.54) is 12.5 Å². The van der Waals surface area contributed by atoms with Gasteiger partial charge in [0.1, 0.15) is 5.78 Å². The van der Waals surface area contributed by atoms with Crippen molar-refractivity contribution in [3.8, 4) is 0 Å². The number of carbonyl (C=O) groups excluding carboxylic acids is 1. The Labute approximate surface area is 180 Å². The number of Topliss-reactive ketones (excluding diaryl/α,β-unsaturated/α-hetero) is 1. The van der Waals surface area contributed by atoms with E-state index in [4.69, 9.17) is 0 Å². The Morgan fingerprint density at radius 1 is 0.633 bits per heavy atom. The highest BCUT2D eigenvalue weighted by Gasteiger charge is 2.15. The summed E-state index contributed by atoms with van der Waals surface area (Å²) in [5, 5.41) is 0. The Hall–Kier alpha value is -1.99. The lowest BCUT2D eigenvalue weighted by molar-refractivity contribution is -0.119. The third kappa shape index (κ3) is 6.01. The Balaban J connectivity index is 2.06. The molecule has 0 radical (unpaired) electrons. The monoisotopic (exact) mass is 450 g/mol. The summed E-state index contributed by atoms with van der Waals surface area (Å²) < 4.78 is 47.1. The molecule has 2 aromatic rings. The highest BCUT2D eigenvalue weighted by molar-refractivity contribution is 7.91. The Kier molecular flexibility index (Phi) is 7.30. The molecule has 0 saturated carbocycles. The lowest BCUT2D eigenvalue weighted by atomic mass is 9.94. The van der Waals surface area contributed by atoms with Crippen LogP contribution >= 0.6 is 0 Å². The van der Waals surface area contributed by atoms with Crippen molar-refractivity contribution >= 4 is 25.5 Å². The molecule has 0 atom stereocenters. The molecule has 0 aliphatic carbocycles. The molecule has 30 heavy (non-hydrogen) atoms. The van der Waals surface area contributed by atoms with Crippen LogP contribution in [-0.2, 0) is 37.3 Å². The molecule has 0 spiro atoms. The number of sulfone groups is 2. The van der Waals surface area contributed by atoms with Crippen molar-refractivity contribution in [2.45, 2.75) is 63.2 Å². The Morgan fingerprint density at radius 3 is 1.13 bits per heavy atom. The molecule has 7 heteroatoms. The van der Waals surface area contributed by atoms with Gasteiger partial charge < -0.3 is 0 Å². The molecule has 0 saturated heterocycles. The second-order valence-corrected chi connectivity index (χ2v) is 12.2. The van der Waals surface area contributed by atoms with Crippen molar-refractivity contribution in [3.05, 3.63) is 57.6 Å². The predicted octanol–water partition coefficient (Wildman–Crippen LogP) is 3.86. The number of benzene rings is 2. The number of hydrogen-bond donors (Lipinski definition) is 0. The van der Waals surface area contributed by atoms with Gasteiger partial charge in [-0.2, -0.15) is 0 Å². The van der Waals surface area contributed by atoms with Crippen LogP contribution < -0.4 is 0 Å². The van der Waals surface area contributed by atoms with E-state index in [2.05, 4.69) is 0 Å². The highest BCUT2D eigenvalue weighted by atomic mass is 32.2. The van der Waals surface area contributed by atoms with Crippen molar-refractivity contribution in [3.63, 3.8) is 0 Å². The number of carbonyl (C=O) groups is 1. The fraction of sp³-hybridized carbons (Fsp3) is 0.435. The van der Waals surface area contributed by atoms with Crippen molar-refractivity contribution in [1.29, 1.82) is 0 Å². The zero-order valence-electron chi connectivity index (χ0n) is 18.5. The molecule has 0 heterocycles. The molecule has 0 amide bonds. The zero-order chi connectivity index (χ0) is 22.9. The summed E-state index contributed by atoms with van der Waals surface area (Å²) >= 11 is 0. The van der Waals surface area contributed by atoms with E-state index in [-0.39, 0.29) is 5.78 Å². The van der Waals surface area contributed by atoms with E-state index < -0.39 is 19.7 Å². The lowest BCUT2D eigenvalue weighted by Crippen LogP contribution is -2.07. The van der Waals surface area contributed by atoms with Gasteiger partial charge in [0.25, 0.3) is 0 Å². The maximum absolute atomic E-state index is 12.5. The Morgan fingerprint density at radius 2 is 0.900 bits per heavy atom. The number of hydrogen-bond acceptors (Lipinski definition) is 5. The van der Waals surface area contributed by atoms with Gasteiger partial charge in [-0.15, -0.1) is 0 Å². The molecule has 2 aromatic carbocycles. The van der Waals surface area contributed by atoms with Crippen LogP contribution in [0.25, 0.3) is 0 Å². The second-order valence-electron chi connectivity index (χ2n) is 8.15. The fourth-order valence-electron chi connectivity index (χ4n) is 3.78. The van der Waals surface area contributed by atoms with Gasteiger partial charge in [0, 0.05) is 25.4 Å². The van der Waals surface area contributed by atoms with Gasteiger partial charge >= 0.3 is 0 Å². The first-order chi connectivity index (χ1) is 13.7. The summed E-state index contributed by atoms with van der Waals surface area (Å²) in [5.41, 5.74) is 5.55. The molecule has 0 aliphatic heterocycles. The molecular formula is C23H30O5S2. The largest absolute Gasteiger partial charge is 0.300 e. The summed E-state index contributed by atoms with van der Waals surface area (Å²) in [6, 6.07) is 6.66. The predicted molar refractivity (Wildman–Crippen MR) is 120 cm³/mol. The normalized spacial score (nSPS) is 12.2. The lowest BCUT2D eigenvalue weighted by Gasteiger charge is -2.13. The van der Waals surface area contributed by atoms with Crippen LogP contribution in [0, 0.1) is 27.7 Å². The standard InChI is InChI=1S/C23H30O5S2/c1-15-11-20(29(5,25)26)12-16(2)22(15)9-7-19(24)8-10-23-17(3)13-21(14-18(23)4)30(6,27)28/h11-14H,7-10H2,1-6H3. The van der Waals surface area contributed by atoms with Gasteiger partial charge in [0.15, 0.2) is 19.7 Å². The molecule has 0 fully saturated rings. The molecule has 5 nitrogen and oxygen atoms in total. The molecule has 164 valence electrons. The minimum absolute atomic E-state index is 0.131. The van der Waals surface area contributed by atoms with E-state index >= 15 is 0 Å². The quantitative estimate of drug-likeness (QED) is 0.610. The van der Waals surface area contributed by atoms with Crippen molar-refractivity contribution < 1.29 is 21.6 Å². The number of rotatable bonds is 8. The molecule has 0 aliphatic rings. The van der Waals surface area contributed by atoms with Crippen LogP contribution in [-0.4, -0.2) is 35.1 Å². The molecular weight excluding hydrogens is 420 g/mol. The second kappa shape index (κ2) is 9.02. The smallest absolute Gasteiger partial charge is 0.175 e. The van der Waals surface area contributed by atoms with E-state index in [1.54, 1.807) is 24.3 Å². The molecule has 0 unspecified atom stereocenters. The van der Waals surface area contributed by atoms with Crippen LogP contribution in [0.2, 0.25) is 0 Å². The van der Waals surface area contributed by atoms with Crippen molar-refractivity contribution in [1.82, 2.24) is 0 Å². The summed E-state index contributed by atoms with van der Waals surface area (Å²) in [4.78, 5) is 13.1. The highest BCUT2D eigenvalue weighted by Crippen LogP contribution is 2.24. The van der Waals surface area contributed by atoms with Crippen LogP contribution in [0.3, 0.4) is 0 Å². The summed E-state index contributed by atoms with van der Waals surface area (Å²) in [6.45, 7) is 7.49. The maximum atomic E-state index is 12.5. The van der Waals surface area contributed by atoms with Gasteiger partial charge in [0.2, 0.25) is 0 Å². The van der Waals surface area contributed by atoms with E-state index in [9.17, 15) is 21.6 Å². The average molecular weight is 451 g/mol. The number of aryl methyl sites for hydroxylation is 4. The summed E-state index contributed by atoms with van der Waals surface area (Å²) in [5.74, 6) is 0.131. The third-order valence-corrected chi connectivity index (χ3v) is 7.69. The first-order valence-electron chi connectivity index (χ1n) is 9.82. The fourth-order valence-corrected chi connectivity index (χ4v) is 5.34. The molecule has 2 rings (SSSR count). The zero-order valence-corrected chi connectivity index (χ0v) is 20.1. The van der Waals surface area contributed by atoms with Gasteiger partial charge in [-0.3, -0.25) is 4.79 Å². The minimum Gasteiger partial charge on any atom is -0.300 e. The Bertz CT molecular complexity index is 1050. The first kappa shape index (κ1) is 24.3. The molecule has 0 bridgehead atoms. The van der Waals surface area contributed by atoms with Crippen molar-refractivity contribution in [2.24, 2.45) is 0 Å². The summed E-state index contributed by atoms with van der Waals surface area (Å²) in [7, 11) is -6.52. The van der Waals surface area contributed by atoms with Crippen LogP contribution in [0.1, 0.15) is 46.2 Å². The third-order valence-electron chi connectivity index (χ3n) is 5.50. The first-order valence-corrected chi connectivity index (χ1v) is 13.6. The maximum Gasteiger partial charge on any atom is 0.175 e. The van der Waals surface area contributed by atoms with Crippen LogP contribution in [0.5, 0.6) is 0 Å². The van der Waals surface area contributed by atoms with Crippen LogP contribution in [0.15, 0.2) is 34.1 Å². The molecule has 0 N–H and O–H groups in total. The van der Waals surface area contributed by atoms with E-state index in [0.717, 1.165) is 33.4 Å². The summed E-state index contributed by atoms with van der Waals surface area (Å²) in [6.07, 6.45) is 4.31. The van der Waals surface area contributed by atoms with E-state index in [1.807, 2.05) is 27.7 Å². The van der Waals surface area contributed by atoms with Gasteiger partial charge in [-0.25, -0.2) is 16.8 Å². The molecule has 0 aromatic heterocycles.